The SMILES string of the molecule is CCC(CC)c1cc2c(cc1N(N)/C=C\N)Cc1ccccc1-2. The van der Waals surface area contributed by atoms with Crippen LogP contribution in [-0.2, 0) is 6.42 Å². The predicted molar refractivity (Wildman–Crippen MR) is 98.0 cm³/mol. The molecule has 0 fully saturated rings. The fraction of sp³-hybridized carbons (Fsp3) is 0.300. The summed E-state index contributed by atoms with van der Waals surface area (Å²) >= 11 is 0. The molecular formula is C20H25N3. The number of anilines is 1. The van der Waals surface area contributed by atoms with Crippen LogP contribution in [0.1, 0.15) is 49.3 Å². The first-order valence-electron chi connectivity index (χ1n) is 8.37. The van der Waals surface area contributed by atoms with Crippen molar-refractivity contribution < 1.29 is 0 Å². The lowest BCUT2D eigenvalue weighted by Gasteiger charge is -2.24. The van der Waals surface area contributed by atoms with E-state index >= 15 is 0 Å². The Bertz CT molecular complexity index is 730. The topological polar surface area (TPSA) is 55.3 Å². The Morgan fingerprint density at radius 1 is 1.09 bits per heavy atom. The Kier molecular flexibility index (Phi) is 4.39. The molecule has 1 aliphatic rings. The number of nitrogens with zero attached hydrogens (tertiary/aromatic N) is 1. The Morgan fingerprint density at radius 2 is 1.83 bits per heavy atom. The average molecular weight is 307 g/mol. The third kappa shape index (κ3) is 2.73. The van der Waals surface area contributed by atoms with Crippen molar-refractivity contribution in [3.8, 4) is 11.1 Å². The number of hydrazine groups is 1. The number of hydrogen-bond donors (Lipinski definition) is 2. The van der Waals surface area contributed by atoms with Gasteiger partial charge in [0.1, 0.15) is 0 Å². The molecule has 0 unspecified atom stereocenters. The maximum atomic E-state index is 6.22. The van der Waals surface area contributed by atoms with Gasteiger partial charge >= 0.3 is 0 Å². The second-order valence-electron chi connectivity index (χ2n) is 6.16. The average Bonchev–Trinajstić information content (AvgIpc) is 2.93. The van der Waals surface area contributed by atoms with Gasteiger partial charge in [0.25, 0.3) is 0 Å². The van der Waals surface area contributed by atoms with E-state index in [1.165, 1.54) is 34.0 Å². The molecule has 120 valence electrons. The van der Waals surface area contributed by atoms with E-state index in [2.05, 4.69) is 50.2 Å². The van der Waals surface area contributed by atoms with Crippen molar-refractivity contribution in [1.29, 1.82) is 0 Å². The van der Waals surface area contributed by atoms with E-state index in [0.29, 0.717) is 5.92 Å². The van der Waals surface area contributed by atoms with Crippen molar-refractivity contribution in [3.05, 3.63) is 65.5 Å². The van der Waals surface area contributed by atoms with Crippen LogP contribution in [0.2, 0.25) is 0 Å². The minimum atomic E-state index is 0.500. The van der Waals surface area contributed by atoms with E-state index in [0.717, 1.165) is 24.9 Å². The smallest absolute Gasteiger partial charge is 0.0606 e. The molecule has 0 heterocycles. The van der Waals surface area contributed by atoms with Gasteiger partial charge in [-0.05, 0) is 65.1 Å². The predicted octanol–water partition coefficient (Wildman–Crippen LogP) is 4.27. The van der Waals surface area contributed by atoms with Crippen molar-refractivity contribution in [2.24, 2.45) is 11.6 Å². The van der Waals surface area contributed by atoms with Crippen LogP contribution in [0.3, 0.4) is 0 Å². The quantitative estimate of drug-likeness (QED) is 0.546. The van der Waals surface area contributed by atoms with Crippen LogP contribution in [-0.4, -0.2) is 0 Å². The Hall–Kier alpha value is -2.26. The molecule has 0 aromatic heterocycles. The third-order valence-corrected chi connectivity index (χ3v) is 4.89. The number of nitrogens with two attached hydrogens (primary N) is 2. The molecule has 3 heteroatoms. The Balaban J connectivity index is 2.17. The lowest BCUT2D eigenvalue weighted by Crippen LogP contribution is -2.26. The first-order valence-corrected chi connectivity index (χ1v) is 8.37. The van der Waals surface area contributed by atoms with Crippen molar-refractivity contribution in [2.45, 2.75) is 39.0 Å². The maximum absolute atomic E-state index is 6.22. The number of rotatable bonds is 5. The number of fused-ring (bicyclic) bond motifs is 3. The first-order chi connectivity index (χ1) is 11.2. The van der Waals surface area contributed by atoms with E-state index in [1.54, 1.807) is 11.2 Å². The minimum absolute atomic E-state index is 0.500. The molecular weight excluding hydrogens is 282 g/mol. The molecule has 0 bridgehead atoms. The van der Waals surface area contributed by atoms with Crippen LogP contribution >= 0.6 is 0 Å². The van der Waals surface area contributed by atoms with Gasteiger partial charge in [-0.1, -0.05) is 38.1 Å². The van der Waals surface area contributed by atoms with Gasteiger partial charge in [0.05, 0.1) is 5.69 Å². The molecule has 0 atom stereocenters. The van der Waals surface area contributed by atoms with Crippen molar-refractivity contribution in [1.82, 2.24) is 0 Å². The number of benzene rings is 2. The molecule has 3 rings (SSSR count). The summed E-state index contributed by atoms with van der Waals surface area (Å²) in [5.74, 6) is 6.72. The van der Waals surface area contributed by atoms with Gasteiger partial charge in [0.15, 0.2) is 0 Å². The zero-order chi connectivity index (χ0) is 16.4. The summed E-state index contributed by atoms with van der Waals surface area (Å²) in [5.41, 5.74) is 13.4. The summed E-state index contributed by atoms with van der Waals surface area (Å²) in [7, 11) is 0. The monoisotopic (exact) mass is 307 g/mol. The highest BCUT2D eigenvalue weighted by atomic mass is 15.4. The molecule has 0 saturated heterocycles. The van der Waals surface area contributed by atoms with E-state index in [-0.39, 0.29) is 0 Å². The molecule has 0 saturated carbocycles. The van der Waals surface area contributed by atoms with Gasteiger partial charge in [0.2, 0.25) is 0 Å². The molecule has 4 N–H and O–H groups in total. The van der Waals surface area contributed by atoms with Gasteiger partial charge < -0.3 is 5.73 Å². The summed E-state index contributed by atoms with van der Waals surface area (Å²) in [6.07, 6.45) is 6.38. The highest BCUT2D eigenvalue weighted by Crippen LogP contribution is 2.42. The summed E-state index contributed by atoms with van der Waals surface area (Å²) in [5, 5.41) is 1.65. The number of hydrogen-bond acceptors (Lipinski definition) is 3. The molecule has 23 heavy (non-hydrogen) atoms. The molecule has 0 radical (unpaired) electrons. The minimum Gasteiger partial charge on any atom is -0.403 e. The van der Waals surface area contributed by atoms with Crippen LogP contribution in [0.5, 0.6) is 0 Å². The lowest BCUT2D eigenvalue weighted by atomic mass is 9.89. The van der Waals surface area contributed by atoms with Crippen molar-refractivity contribution >= 4 is 5.69 Å². The zero-order valence-electron chi connectivity index (χ0n) is 13.9. The summed E-state index contributed by atoms with van der Waals surface area (Å²) in [6.45, 7) is 4.47. The molecule has 0 amide bonds. The highest BCUT2D eigenvalue weighted by Gasteiger charge is 2.23. The van der Waals surface area contributed by atoms with E-state index < -0.39 is 0 Å². The molecule has 0 aliphatic heterocycles. The fourth-order valence-corrected chi connectivity index (χ4v) is 3.64. The normalized spacial score (nSPS) is 12.7. The van der Waals surface area contributed by atoms with Crippen LogP contribution < -0.4 is 16.6 Å². The zero-order valence-corrected chi connectivity index (χ0v) is 13.9. The summed E-state index contributed by atoms with van der Waals surface area (Å²) in [4.78, 5) is 0. The molecule has 1 aliphatic carbocycles. The first kappa shape index (κ1) is 15.6. The molecule has 2 aromatic rings. The lowest BCUT2D eigenvalue weighted by molar-refractivity contribution is 0.641. The van der Waals surface area contributed by atoms with Crippen LogP contribution in [0.4, 0.5) is 5.69 Å². The van der Waals surface area contributed by atoms with Gasteiger partial charge in [-0.25, -0.2) is 5.84 Å². The highest BCUT2D eigenvalue weighted by molar-refractivity contribution is 5.80. The van der Waals surface area contributed by atoms with Crippen LogP contribution in [0, 0.1) is 0 Å². The standard InChI is InChI=1S/C20H25N3/c1-3-14(4-2)19-13-18-16(12-20(19)23(22)10-9-21)11-15-7-5-6-8-17(15)18/h5-10,12-14H,3-4,11,21-22H2,1-2H3/b10-9-. The summed E-state index contributed by atoms with van der Waals surface area (Å²) in [6, 6.07) is 13.2. The van der Waals surface area contributed by atoms with E-state index in [1.807, 2.05) is 0 Å². The van der Waals surface area contributed by atoms with E-state index in [9.17, 15) is 0 Å². The fourth-order valence-electron chi connectivity index (χ4n) is 3.64. The van der Waals surface area contributed by atoms with Crippen LogP contribution in [0.25, 0.3) is 11.1 Å². The second-order valence-corrected chi connectivity index (χ2v) is 6.16. The van der Waals surface area contributed by atoms with Gasteiger partial charge in [-0.2, -0.15) is 0 Å². The van der Waals surface area contributed by atoms with Crippen molar-refractivity contribution in [3.63, 3.8) is 0 Å². The van der Waals surface area contributed by atoms with Gasteiger partial charge in [-0.3, -0.25) is 5.01 Å². The van der Waals surface area contributed by atoms with Crippen molar-refractivity contribution in [2.75, 3.05) is 5.01 Å². The Morgan fingerprint density at radius 3 is 2.52 bits per heavy atom. The largest absolute Gasteiger partial charge is 0.403 e. The Labute approximate surface area is 138 Å². The molecule has 3 nitrogen and oxygen atoms in total. The maximum Gasteiger partial charge on any atom is 0.0606 e. The second kappa shape index (κ2) is 6.47. The molecule has 2 aromatic carbocycles. The van der Waals surface area contributed by atoms with Gasteiger partial charge in [-0.15, -0.1) is 0 Å². The van der Waals surface area contributed by atoms with Gasteiger partial charge in [0, 0.05) is 12.4 Å². The van der Waals surface area contributed by atoms with E-state index in [4.69, 9.17) is 11.6 Å². The third-order valence-electron chi connectivity index (χ3n) is 4.89. The summed E-state index contributed by atoms with van der Waals surface area (Å²) < 4.78 is 0. The molecule has 0 spiro atoms. The van der Waals surface area contributed by atoms with Crippen LogP contribution in [0.15, 0.2) is 48.8 Å².